The molecule has 0 amide bonds. The van der Waals surface area contributed by atoms with Gasteiger partial charge in [0, 0.05) is 40.3 Å². The van der Waals surface area contributed by atoms with Crippen LogP contribution in [0.3, 0.4) is 0 Å². The second-order valence-electron chi connectivity index (χ2n) is 5.18. The van der Waals surface area contributed by atoms with E-state index in [-0.39, 0.29) is 0 Å². The van der Waals surface area contributed by atoms with Crippen molar-refractivity contribution in [3.05, 3.63) is 0 Å². The Labute approximate surface area is 111 Å². The summed E-state index contributed by atoms with van der Waals surface area (Å²) in [5.41, 5.74) is 5.62. The number of nitrogens with two attached hydrogens (primary N) is 1. The zero-order valence-corrected chi connectivity index (χ0v) is 12.5. The lowest BCUT2D eigenvalue weighted by molar-refractivity contribution is 0.250. The summed E-state index contributed by atoms with van der Waals surface area (Å²) in [7, 11) is -0.110. The molecule has 1 rings (SSSR count). The molecule has 1 saturated heterocycles. The first-order valence-corrected chi connectivity index (χ1v) is 7.87. The molecule has 1 aliphatic heterocycles. The molecule has 0 spiro atoms. The van der Waals surface area contributed by atoms with Crippen LogP contribution in [0.4, 0.5) is 0 Å². The fraction of sp³-hybridized carbons (Fsp3) is 1.00. The standard InChI is InChI=1S/C11H26N4O2S/c1-11(9-12)10-14-5-4-6-15(8-7-14)18(16,17)13(2)3/h11H,4-10,12H2,1-3H3. The molecule has 1 heterocycles. The van der Waals surface area contributed by atoms with E-state index in [1.165, 1.54) is 4.31 Å². The molecule has 7 heteroatoms. The maximum Gasteiger partial charge on any atom is 0.281 e. The van der Waals surface area contributed by atoms with E-state index in [4.69, 9.17) is 5.73 Å². The molecule has 1 unspecified atom stereocenters. The van der Waals surface area contributed by atoms with E-state index in [9.17, 15) is 8.42 Å². The highest BCUT2D eigenvalue weighted by Gasteiger charge is 2.26. The molecule has 6 nitrogen and oxygen atoms in total. The summed E-state index contributed by atoms with van der Waals surface area (Å²) < 4.78 is 26.9. The van der Waals surface area contributed by atoms with Crippen LogP contribution in [0.5, 0.6) is 0 Å². The van der Waals surface area contributed by atoms with E-state index in [2.05, 4.69) is 11.8 Å². The van der Waals surface area contributed by atoms with E-state index in [1.54, 1.807) is 18.4 Å². The third-order valence-corrected chi connectivity index (χ3v) is 5.25. The summed E-state index contributed by atoms with van der Waals surface area (Å²) in [4.78, 5) is 2.31. The van der Waals surface area contributed by atoms with Gasteiger partial charge in [0.25, 0.3) is 10.2 Å². The number of nitrogens with zero attached hydrogens (tertiary/aromatic N) is 3. The summed E-state index contributed by atoms with van der Waals surface area (Å²) in [5.74, 6) is 0.460. The summed E-state index contributed by atoms with van der Waals surface area (Å²) in [6.45, 7) is 6.66. The van der Waals surface area contributed by atoms with Gasteiger partial charge in [0.15, 0.2) is 0 Å². The second kappa shape index (κ2) is 6.81. The summed E-state index contributed by atoms with van der Waals surface area (Å²) in [6.07, 6.45) is 0.879. The van der Waals surface area contributed by atoms with Gasteiger partial charge in [-0.05, 0) is 25.4 Å². The summed E-state index contributed by atoms with van der Waals surface area (Å²) in [6, 6.07) is 0. The lowest BCUT2D eigenvalue weighted by atomic mass is 10.1. The number of hydrogen-bond acceptors (Lipinski definition) is 4. The number of hydrogen-bond donors (Lipinski definition) is 1. The van der Waals surface area contributed by atoms with Crippen molar-refractivity contribution in [1.82, 2.24) is 13.5 Å². The van der Waals surface area contributed by atoms with Gasteiger partial charge in [-0.1, -0.05) is 6.92 Å². The highest BCUT2D eigenvalue weighted by molar-refractivity contribution is 7.86. The molecule has 2 N–H and O–H groups in total. The van der Waals surface area contributed by atoms with Gasteiger partial charge in [0.2, 0.25) is 0 Å². The Morgan fingerprint density at radius 3 is 2.44 bits per heavy atom. The first-order valence-electron chi connectivity index (χ1n) is 6.48. The molecule has 108 valence electrons. The van der Waals surface area contributed by atoms with Gasteiger partial charge >= 0.3 is 0 Å². The minimum atomic E-state index is -3.27. The van der Waals surface area contributed by atoms with Crippen molar-refractivity contribution in [3.63, 3.8) is 0 Å². The van der Waals surface area contributed by atoms with Crippen molar-refractivity contribution < 1.29 is 8.42 Å². The predicted molar refractivity (Wildman–Crippen MR) is 73.5 cm³/mol. The molecule has 0 bridgehead atoms. The monoisotopic (exact) mass is 278 g/mol. The van der Waals surface area contributed by atoms with E-state index >= 15 is 0 Å². The Balaban J connectivity index is 2.56. The molecule has 1 atom stereocenters. The Morgan fingerprint density at radius 1 is 1.22 bits per heavy atom. The third-order valence-electron chi connectivity index (χ3n) is 3.31. The Kier molecular flexibility index (Phi) is 6.00. The van der Waals surface area contributed by atoms with Gasteiger partial charge in [-0.3, -0.25) is 0 Å². The summed E-state index contributed by atoms with van der Waals surface area (Å²) in [5, 5.41) is 0. The maximum atomic E-state index is 12.0. The smallest absolute Gasteiger partial charge is 0.281 e. The van der Waals surface area contributed by atoms with Crippen LogP contribution in [0.2, 0.25) is 0 Å². The van der Waals surface area contributed by atoms with Crippen molar-refractivity contribution in [2.75, 3.05) is 53.4 Å². The normalized spacial score (nSPS) is 22.1. The largest absolute Gasteiger partial charge is 0.330 e. The van der Waals surface area contributed by atoms with Crippen LogP contribution in [0.1, 0.15) is 13.3 Å². The third kappa shape index (κ3) is 4.17. The molecular formula is C11H26N4O2S. The fourth-order valence-electron chi connectivity index (χ4n) is 2.11. The first-order chi connectivity index (χ1) is 8.37. The van der Waals surface area contributed by atoms with Gasteiger partial charge in [0.1, 0.15) is 0 Å². The van der Waals surface area contributed by atoms with Crippen molar-refractivity contribution in [2.45, 2.75) is 13.3 Å². The van der Waals surface area contributed by atoms with Gasteiger partial charge in [0.05, 0.1) is 0 Å². The van der Waals surface area contributed by atoms with Crippen molar-refractivity contribution in [3.8, 4) is 0 Å². The lowest BCUT2D eigenvalue weighted by Crippen LogP contribution is -2.42. The molecule has 0 radical (unpaired) electrons. The Hall–Kier alpha value is -0.210. The van der Waals surface area contributed by atoms with E-state index in [0.29, 0.717) is 25.6 Å². The van der Waals surface area contributed by atoms with Crippen LogP contribution >= 0.6 is 0 Å². The topological polar surface area (TPSA) is 69.9 Å². The molecule has 0 aliphatic carbocycles. The molecule has 1 aliphatic rings. The van der Waals surface area contributed by atoms with Crippen LogP contribution in [0, 0.1) is 5.92 Å². The highest BCUT2D eigenvalue weighted by atomic mass is 32.2. The van der Waals surface area contributed by atoms with Crippen LogP contribution in [0.15, 0.2) is 0 Å². The molecule has 0 aromatic rings. The van der Waals surface area contributed by atoms with Gasteiger partial charge in [-0.2, -0.15) is 17.0 Å². The molecular weight excluding hydrogens is 252 g/mol. The Morgan fingerprint density at radius 2 is 1.89 bits per heavy atom. The van der Waals surface area contributed by atoms with Gasteiger partial charge in [-0.25, -0.2) is 0 Å². The summed E-state index contributed by atoms with van der Waals surface area (Å²) >= 11 is 0. The van der Waals surface area contributed by atoms with Crippen LogP contribution in [-0.4, -0.2) is 75.3 Å². The highest BCUT2D eigenvalue weighted by Crippen LogP contribution is 2.11. The van der Waals surface area contributed by atoms with Crippen molar-refractivity contribution >= 4 is 10.2 Å². The minimum absolute atomic E-state index is 0.460. The molecule has 0 saturated carbocycles. The van der Waals surface area contributed by atoms with E-state index in [1.807, 2.05) is 0 Å². The van der Waals surface area contributed by atoms with Crippen LogP contribution in [0.25, 0.3) is 0 Å². The molecule has 1 fully saturated rings. The molecule has 18 heavy (non-hydrogen) atoms. The average molecular weight is 278 g/mol. The van der Waals surface area contributed by atoms with E-state index < -0.39 is 10.2 Å². The quantitative estimate of drug-likeness (QED) is 0.729. The van der Waals surface area contributed by atoms with Crippen LogP contribution in [-0.2, 0) is 10.2 Å². The fourth-order valence-corrected chi connectivity index (χ4v) is 3.24. The van der Waals surface area contributed by atoms with Crippen molar-refractivity contribution in [1.29, 1.82) is 0 Å². The lowest BCUT2D eigenvalue weighted by Gasteiger charge is -2.25. The SMILES string of the molecule is CC(CN)CN1CCCN(S(=O)(=O)N(C)C)CC1. The molecule has 0 aromatic carbocycles. The zero-order chi connectivity index (χ0) is 13.8. The molecule has 0 aromatic heterocycles. The second-order valence-corrected chi connectivity index (χ2v) is 7.33. The van der Waals surface area contributed by atoms with Crippen molar-refractivity contribution in [2.24, 2.45) is 11.7 Å². The Bertz CT molecular complexity index is 345. The first kappa shape index (κ1) is 15.8. The zero-order valence-electron chi connectivity index (χ0n) is 11.7. The van der Waals surface area contributed by atoms with E-state index in [0.717, 1.165) is 26.1 Å². The van der Waals surface area contributed by atoms with Gasteiger partial charge in [-0.15, -0.1) is 0 Å². The van der Waals surface area contributed by atoms with Gasteiger partial charge < -0.3 is 10.6 Å². The average Bonchev–Trinajstić information content (AvgIpc) is 2.54. The van der Waals surface area contributed by atoms with Crippen LogP contribution < -0.4 is 5.73 Å². The minimum Gasteiger partial charge on any atom is -0.330 e. The predicted octanol–water partition coefficient (Wildman–Crippen LogP) is -0.605. The number of rotatable bonds is 5. The maximum absolute atomic E-state index is 12.0.